The van der Waals surface area contributed by atoms with Gasteiger partial charge in [-0.05, 0) is 48.5 Å². The van der Waals surface area contributed by atoms with Gasteiger partial charge in [0, 0.05) is 16.9 Å². The van der Waals surface area contributed by atoms with Crippen molar-refractivity contribution >= 4 is 44.9 Å². The minimum Gasteiger partial charge on any atom is -0.495 e. The molecule has 0 spiro atoms. The number of carbonyl (C=O) groups excluding carboxylic acids is 1. The smallest absolute Gasteiger partial charge is 0.335 e. The second-order valence-corrected chi connectivity index (χ2v) is 9.37. The lowest BCUT2D eigenvalue weighted by atomic mass is 10.2. The van der Waals surface area contributed by atoms with E-state index in [9.17, 15) is 18.0 Å². The van der Waals surface area contributed by atoms with E-state index in [0.717, 1.165) is 4.31 Å². The minimum atomic E-state index is -4.14. The average Bonchev–Trinajstić information content (AvgIpc) is 2.83. The number of hydrogen-bond donors (Lipinski definition) is 2. The van der Waals surface area contributed by atoms with E-state index in [1.807, 2.05) is 0 Å². The summed E-state index contributed by atoms with van der Waals surface area (Å²) in [6, 6.07) is 11.2. The van der Waals surface area contributed by atoms with Crippen molar-refractivity contribution in [3.05, 3.63) is 70.9 Å². The first-order valence-electron chi connectivity index (χ1n) is 9.84. The van der Waals surface area contributed by atoms with Gasteiger partial charge >= 0.3 is 5.97 Å². The Hall–Kier alpha value is -3.83. The van der Waals surface area contributed by atoms with E-state index in [4.69, 9.17) is 26.2 Å². The number of hydrogen-bond acceptors (Lipinski definition) is 7. The summed E-state index contributed by atoms with van der Waals surface area (Å²) in [4.78, 5) is 27.7. The lowest BCUT2D eigenvalue weighted by molar-refractivity contribution is 0.0696. The van der Waals surface area contributed by atoms with Crippen molar-refractivity contribution in [2.75, 3.05) is 29.9 Å². The maximum atomic E-state index is 13.5. The number of sulfonamides is 1. The van der Waals surface area contributed by atoms with E-state index in [-0.39, 0.29) is 51.5 Å². The van der Waals surface area contributed by atoms with E-state index in [1.54, 1.807) is 0 Å². The van der Waals surface area contributed by atoms with Crippen LogP contribution >= 0.6 is 11.6 Å². The van der Waals surface area contributed by atoms with Crippen LogP contribution < -0.4 is 19.1 Å². The lowest BCUT2D eigenvalue weighted by Crippen LogP contribution is -2.38. The number of aromatic nitrogens is 1. The number of ether oxygens (including phenoxy) is 2. The van der Waals surface area contributed by atoms with Crippen LogP contribution in [-0.2, 0) is 10.0 Å². The second kappa shape index (κ2) is 9.20. The molecular weight excluding hydrogens is 486 g/mol. The monoisotopic (exact) mass is 503 g/mol. The summed E-state index contributed by atoms with van der Waals surface area (Å²) < 4.78 is 38.8. The molecule has 0 unspecified atom stereocenters. The molecule has 0 saturated carbocycles. The molecule has 0 fully saturated rings. The summed E-state index contributed by atoms with van der Waals surface area (Å²) in [5, 5.41) is 11.8. The number of pyridine rings is 1. The molecule has 3 aromatic rings. The predicted molar refractivity (Wildman–Crippen MR) is 124 cm³/mol. The van der Waals surface area contributed by atoms with Gasteiger partial charge in [-0.1, -0.05) is 11.6 Å². The Bertz CT molecular complexity index is 1380. The van der Waals surface area contributed by atoms with E-state index < -0.39 is 21.9 Å². The molecule has 1 amide bonds. The zero-order valence-corrected chi connectivity index (χ0v) is 19.3. The molecule has 12 heteroatoms. The van der Waals surface area contributed by atoms with Crippen molar-refractivity contribution in [1.82, 2.24) is 4.98 Å². The fraction of sp³-hybridized carbons (Fsp3) is 0.136. The van der Waals surface area contributed by atoms with Crippen molar-refractivity contribution in [3.63, 3.8) is 0 Å². The summed E-state index contributed by atoms with van der Waals surface area (Å²) in [7, 11) is -2.79. The molecular formula is C22H18ClN3O7S. The fourth-order valence-corrected chi connectivity index (χ4v) is 5.18. The van der Waals surface area contributed by atoms with Crippen molar-refractivity contribution in [1.29, 1.82) is 0 Å². The number of benzene rings is 2. The van der Waals surface area contributed by atoms with Crippen molar-refractivity contribution in [2.24, 2.45) is 0 Å². The molecule has 0 saturated heterocycles. The van der Waals surface area contributed by atoms with Crippen LogP contribution in [0.4, 0.5) is 11.4 Å². The highest BCUT2D eigenvalue weighted by Crippen LogP contribution is 2.37. The van der Waals surface area contributed by atoms with Crippen LogP contribution in [0.25, 0.3) is 0 Å². The van der Waals surface area contributed by atoms with Crippen LogP contribution in [0.2, 0.25) is 5.02 Å². The van der Waals surface area contributed by atoms with Gasteiger partial charge in [0.1, 0.15) is 22.9 Å². The van der Waals surface area contributed by atoms with Gasteiger partial charge in [-0.15, -0.1) is 0 Å². The van der Waals surface area contributed by atoms with Gasteiger partial charge in [0.05, 0.1) is 24.8 Å². The standard InChI is InChI=1S/C22H18ClN3O7S/c1-32-18-7-4-15(23)11-19(18)34(30,31)26-8-9-33-21-17(26)10-14(12-24-21)20(27)25-16-5-2-13(3-6-16)22(28)29/h2-7,10-12H,8-9H2,1H3,(H,25,27)(H,28,29). The third-order valence-corrected chi connectivity index (χ3v) is 7.05. The summed E-state index contributed by atoms with van der Waals surface area (Å²) in [5.74, 6) is -1.49. The van der Waals surface area contributed by atoms with Gasteiger partial charge in [-0.3, -0.25) is 9.10 Å². The highest BCUT2D eigenvalue weighted by Gasteiger charge is 2.34. The molecule has 1 aromatic heterocycles. The molecule has 4 rings (SSSR count). The molecule has 2 N–H and O–H groups in total. The van der Waals surface area contributed by atoms with Gasteiger partial charge in [0.15, 0.2) is 0 Å². The lowest BCUT2D eigenvalue weighted by Gasteiger charge is -2.30. The third-order valence-electron chi connectivity index (χ3n) is 4.98. The molecule has 0 atom stereocenters. The van der Waals surface area contributed by atoms with Gasteiger partial charge < -0.3 is 19.9 Å². The Morgan fingerprint density at radius 3 is 2.56 bits per heavy atom. The van der Waals surface area contributed by atoms with Crippen molar-refractivity contribution in [3.8, 4) is 11.6 Å². The maximum Gasteiger partial charge on any atom is 0.335 e. The number of carboxylic acid groups (broad SMARTS) is 1. The molecule has 34 heavy (non-hydrogen) atoms. The van der Waals surface area contributed by atoms with E-state index in [0.29, 0.717) is 5.69 Å². The fourth-order valence-electron chi connectivity index (χ4n) is 3.32. The molecule has 2 heterocycles. The Morgan fingerprint density at radius 2 is 1.88 bits per heavy atom. The number of methoxy groups -OCH3 is 1. The average molecular weight is 504 g/mol. The Kier molecular flexibility index (Phi) is 6.31. The number of fused-ring (bicyclic) bond motifs is 1. The van der Waals surface area contributed by atoms with Gasteiger partial charge in [0.2, 0.25) is 5.88 Å². The van der Waals surface area contributed by atoms with Crippen LogP contribution in [0.1, 0.15) is 20.7 Å². The number of carbonyl (C=O) groups is 2. The molecule has 1 aliphatic rings. The number of halogens is 1. The topological polar surface area (TPSA) is 135 Å². The number of aromatic carboxylic acids is 1. The first-order chi connectivity index (χ1) is 16.2. The predicted octanol–water partition coefficient (Wildman–Crippen LogP) is 3.28. The zero-order valence-electron chi connectivity index (χ0n) is 17.7. The van der Waals surface area contributed by atoms with E-state index in [1.165, 1.54) is 61.8 Å². The molecule has 0 radical (unpaired) electrons. The first-order valence-corrected chi connectivity index (χ1v) is 11.7. The van der Waals surface area contributed by atoms with Crippen LogP contribution in [0.3, 0.4) is 0 Å². The molecule has 10 nitrogen and oxygen atoms in total. The van der Waals surface area contributed by atoms with Crippen molar-refractivity contribution in [2.45, 2.75) is 4.90 Å². The summed E-state index contributed by atoms with van der Waals surface area (Å²) in [5.41, 5.74) is 0.590. The first kappa shape index (κ1) is 23.3. The number of nitrogens with one attached hydrogen (secondary N) is 1. The molecule has 1 aliphatic heterocycles. The number of rotatable bonds is 6. The normalized spacial score (nSPS) is 12.9. The SMILES string of the molecule is COc1ccc(Cl)cc1S(=O)(=O)N1CCOc2ncc(C(=O)Nc3ccc(C(=O)O)cc3)cc21. The van der Waals surface area contributed by atoms with Gasteiger partial charge in [-0.2, -0.15) is 0 Å². The Labute approximate surface area is 199 Å². The number of amides is 1. The second-order valence-electron chi connectivity index (χ2n) is 7.11. The van der Waals surface area contributed by atoms with Crippen molar-refractivity contribution < 1.29 is 32.6 Å². The van der Waals surface area contributed by atoms with E-state index >= 15 is 0 Å². The number of anilines is 2. The quantitative estimate of drug-likeness (QED) is 0.523. The maximum absolute atomic E-state index is 13.5. The molecule has 0 bridgehead atoms. The molecule has 0 aliphatic carbocycles. The Morgan fingerprint density at radius 1 is 1.15 bits per heavy atom. The number of carboxylic acids is 1. The van der Waals surface area contributed by atoms with Gasteiger partial charge in [0.25, 0.3) is 15.9 Å². The number of nitrogens with zero attached hydrogens (tertiary/aromatic N) is 2. The van der Waals surface area contributed by atoms with Gasteiger partial charge in [-0.25, -0.2) is 18.2 Å². The summed E-state index contributed by atoms with van der Waals surface area (Å²) >= 11 is 6.03. The molecule has 2 aromatic carbocycles. The highest BCUT2D eigenvalue weighted by atomic mass is 35.5. The largest absolute Gasteiger partial charge is 0.495 e. The van der Waals surface area contributed by atoms with E-state index in [2.05, 4.69) is 10.3 Å². The highest BCUT2D eigenvalue weighted by molar-refractivity contribution is 7.93. The van der Waals surface area contributed by atoms with Crippen LogP contribution in [0.5, 0.6) is 11.6 Å². The third kappa shape index (κ3) is 4.47. The Balaban J connectivity index is 1.67. The minimum absolute atomic E-state index is 0.0194. The van der Waals surface area contributed by atoms with Crippen LogP contribution in [0, 0.1) is 0 Å². The summed E-state index contributed by atoms with van der Waals surface area (Å²) in [6.07, 6.45) is 1.26. The van der Waals surface area contributed by atoms with Crippen LogP contribution in [-0.4, -0.2) is 50.6 Å². The van der Waals surface area contributed by atoms with Crippen LogP contribution in [0.15, 0.2) is 59.6 Å². The zero-order chi connectivity index (χ0) is 24.5. The summed E-state index contributed by atoms with van der Waals surface area (Å²) in [6.45, 7) is 0.0397. The molecule has 176 valence electrons.